The summed E-state index contributed by atoms with van der Waals surface area (Å²) in [5, 5.41) is 13.1. The summed E-state index contributed by atoms with van der Waals surface area (Å²) in [4.78, 5) is 0. The predicted molar refractivity (Wildman–Crippen MR) is 78.2 cm³/mol. The van der Waals surface area contributed by atoms with E-state index >= 15 is 0 Å². The summed E-state index contributed by atoms with van der Waals surface area (Å²) in [7, 11) is 0. The summed E-state index contributed by atoms with van der Waals surface area (Å²) in [6.45, 7) is 15.2. The first kappa shape index (κ1) is 15.2. The Labute approximate surface area is 111 Å². The van der Waals surface area contributed by atoms with E-state index in [4.69, 9.17) is 0 Å². The van der Waals surface area contributed by atoms with E-state index in [1.807, 2.05) is 0 Å². The van der Waals surface area contributed by atoms with Gasteiger partial charge < -0.3 is 10.4 Å². The highest BCUT2D eigenvalue weighted by atomic mass is 16.3. The predicted octanol–water partition coefficient (Wildman–Crippen LogP) is 3.26. The zero-order valence-corrected chi connectivity index (χ0v) is 12.8. The van der Waals surface area contributed by atoms with E-state index in [1.54, 1.807) is 0 Å². The second-order valence-electron chi connectivity index (χ2n) is 5.60. The minimum Gasteiger partial charge on any atom is -0.394 e. The molecular formula is C16H27NO. The van der Waals surface area contributed by atoms with Crippen molar-refractivity contribution in [2.24, 2.45) is 0 Å². The SMILES string of the molecule is Cc1c(C)c(C)c(C(CO)NC(C)C)c(C)c1C. The smallest absolute Gasteiger partial charge is 0.0626 e. The van der Waals surface area contributed by atoms with Crippen LogP contribution in [0.5, 0.6) is 0 Å². The number of aliphatic hydroxyl groups is 1. The van der Waals surface area contributed by atoms with Gasteiger partial charge in [-0.25, -0.2) is 0 Å². The highest BCUT2D eigenvalue weighted by molar-refractivity contribution is 5.50. The second kappa shape index (κ2) is 5.85. The molecule has 1 rings (SSSR count). The molecule has 0 radical (unpaired) electrons. The Hall–Kier alpha value is -0.860. The third-order valence-electron chi connectivity index (χ3n) is 4.12. The number of hydrogen-bond acceptors (Lipinski definition) is 2. The average molecular weight is 249 g/mol. The Morgan fingerprint density at radius 1 is 0.833 bits per heavy atom. The standard InChI is InChI=1S/C16H27NO/c1-9(2)17-15(8-18)16-13(6)11(4)10(3)12(5)14(16)7/h9,15,17-18H,8H2,1-7H3. The van der Waals surface area contributed by atoms with Crippen molar-refractivity contribution in [2.75, 3.05) is 6.61 Å². The molecule has 1 unspecified atom stereocenters. The number of hydrogen-bond donors (Lipinski definition) is 2. The van der Waals surface area contributed by atoms with Crippen LogP contribution in [0.4, 0.5) is 0 Å². The van der Waals surface area contributed by atoms with Crippen molar-refractivity contribution >= 4 is 0 Å². The van der Waals surface area contributed by atoms with E-state index < -0.39 is 0 Å². The van der Waals surface area contributed by atoms with E-state index in [1.165, 1.54) is 33.4 Å². The zero-order chi connectivity index (χ0) is 14.0. The van der Waals surface area contributed by atoms with Crippen molar-refractivity contribution in [3.63, 3.8) is 0 Å². The fourth-order valence-electron chi connectivity index (χ4n) is 2.68. The van der Waals surface area contributed by atoms with Gasteiger partial charge in [-0.3, -0.25) is 0 Å². The van der Waals surface area contributed by atoms with Gasteiger partial charge in [-0.2, -0.15) is 0 Å². The molecule has 0 heterocycles. The highest BCUT2D eigenvalue weighted by Crippen LogP contribution is 2.30. The first-order valence-corrected chi connectivity index (χ1v) is 6.75. The average Bonchev–Trinajstić information content (AvgIpc) is 2.32. The summed E-state index contributed by atoms with van der Waals surface area (Å²) in [6.07, 6.45) is 0. The van der Waals surface area contributed by atoms with Crippen molar-refractivity contribution < 1.29 is 5.11 Å². The Kier molecular flexibility index (Phi) is 4.94. The van der Waals surface area contributed by atoms with Crippen LogP contribution in [0.25, 0.3) is 0 Å². The molecule has 1 aromatic carbocycles. The van der Waals surface area contributed by atoms with Crippen molar-refractivity contribution in [2.45, 2.75) is 60.5 Å². The molecule has 1 atom stereocenters. The Morgan fingerprint density at radius 2 is 1.22 bits per heavy atom. The van der Waals surface area contributed by atoms with Gasteiger partial charge >= 0.3 is 0 Å². The van der Waals surface area contributed by atoms with Crippen molar-refractivity contribution in [1.29, 1.82) is 0 Å². The zero-order valence-electron chi connectivity index (χ0n) is 12.8. The van der Waals surface area contributed by atoms with Crippen LogP contribution >= 0.6 is 0 Å². The maximum atomic E-state index is 9.67. The lowest BCUT2D eigenvalue weighted by atomic mass is 9.86. The molecule has 0 fully saturated rings. The minimum absolute atomic E-state index is 0.0306. The lowest BCUT2D eigenvalue weighted by Crippen LogP contribution is -2.32. The van der Waals surface area contributed by atoms with E-state index in [-0.39, 0.29) is 12.6 Å². The molecule has 2 N–H and O–H groups in total. The Bertz CT molecular complexity index is 406. The van der Waals surface area contributed by atoms with E-state index in [0.717, 1.165) is 0 Å². The molecule has 0 saturated heterocycles. The van der Waals surface area contributed by atoms with Gasteiger partial charge in [-0.15, -0.1) is 0 Å². The molecule has 0 bridgehead atoms. The molecule has 0 amide bonds. The molecule has 102 valence electrons. The van der Waals surface area contributed by atoms with Gasteiger partial charge in [0, 0.05) is 6.04 Å². The van der Waals surface area contributed by atoms with Gasteiger partial charge in [0.05, 0.1) is 12.6 Å². The van der Waals surface area contributed by atoms with Gasteiger partial charge in [0.15, 0.2) is 0 Å². The van der Waals surface area contributed by atoms with Crippen LogP contribution in [0.2, 0.25) is 0 Å². The molecule has 0 saturated carbocycles. The Balaban J connectivity index is 3.39. The lowest BCUT2D eigenvalue weighted by Gasteiger charge is -2.26. The number of nitrogens with one attached hydrogen (secondary N) is 1. The quantitative estimate of drug-likeness (QED) is 0.858. The first-order valence-electron chi connectivity index (χ1n) is 6.75. The van der Waals surface area contributed by atoms with Crippen LogP contribution in [0, 0.1) is 34.6 Å². The van der Waals surface area contributed by atoms with Gasteiger partial charge in [-0.1, -0.05) is 13.8 Å². The van der Waals surface area contributed by atoms with E-state index in [9.17, 15) is 5.11 Å². The third kappa shape index (κ3) is 2.76. The third-order valence-corrected chi connectivity index (χ3v) is 4.12. The maximum Gasteiger partial charge on any atom is 0.0626 e. The normalized spacial score (nSPS) is 13.2. The molecule has 18 heavy (non-hydrogen) atoms. The van der Waals surface area contributed by atoms with Crippen LogP contribution in [-0.4, -0.2) is 17.8 Å². The summed E-state index contributed by atoms with van der Waals surface area (Å²) < 4.78 is 0. The summed E-state index contributed by atoms with van der Waals surface area (Å²) in [6, 6.07) is 0.394. The summed E-state index contributed by atoms with van der Waals surface area (Å²) in [5.74, 6) is 0. The number of benzene rings is 1. The molecule has 0 spiro atoms. The topological polar surface area (TPSA) is 32.3 Å². The van der Waals surface area contributed by atoms with E-state index in [2.05, 4.69) is 53.8 Å². The van der Waals surface area contributed by atoms with Gasteiger partial charge in [0.2, 0.25) is 0 Å². The van der Waals surface area contributed by atoms with Crippen LogP contribution in [0.15, 0.2) is 0 Å². The largest absolute Gasteiger partial charge is 0.394 e. The maximum absolute atomic E-state index is 9.67. The van der Waals surface area contributed by atoms with Crippen molar-refractivity contribution in [3.05, 3.63) is 33.4 Å². The molecule has 2 nitrogen and oxygen atoms in total. The monoisotopic (exact) mass is 249 g/mol. The highest BCUT2D eigenvalue weighted by Gasteiger charge is 2.20. The van der Waals surface area contributed by atoms with Crippen LogP contribution in [-0.2, 0) is 0 Å². The molecule has 0 aliphatic rings. The lowest BCUT2D eigenvalue weighted by molar-refractivity contribution is 0.236. The Morgan fingerprint density at radius 3 is 1.56 bits per heavy atom. The number of aliphatic hydroxyl groups excluding tert-OH is 1. The molecule has 0 aliphatic heterocycles. The first-order chi connectivity index (χ1) is 8.31. The molecule has 0 aromatic heterocycles. The number of rotatable bonds is 4. The van der Waals surface area contributed by atoms with Gasteiger partial charge in [0.1, 0.15) is 0 Å². The molecule has 0 aliphatic carbocycles. The van der Waals surface area contributed by atoms with Crippen LogP contribution < -0.4 is 5.32 Å². The molecule has 2 heteroatoms. The molecular weight excluding hydrogens is 222 g/mol. The summed E-state index contributed by atoms with van der Waals surface area (Å²) in [5.41, 5.74) is 7.95. The minimum atomic E-state index is 0.0306. The fourth-order valence-corrected chi connectivity index (χ4v) is 2.68. The second-order valence-corrected chi connectivity index (χ2v) is 5.60. The van der Waals surface area contributed by atoms with Crippen molar-refractivity contribution in [1.82, 2.24) is 5.32 Å². The van der Waals surface area contributed by atoms with Crippen LogP contribution in [0.1, 0.15) is 53.3 Å². The van der Waals surface area contributed by atoms with E-state index in [0.29, 0.717) is 6.04 Å². The van der Waals surface area contributed by atoms with Crippen LogP contribution in [0.3, 0.4) is 0 Å². The van der Waals surface area contributed by atoms with Gasteiger partial charge in [-0.05, 0) is 68.0 Å². The fraction of sp³-hybridized carbons (Fsp3) is 0.625. The molecule has 1 aromatic rings. The van der Waals surface area contributed by atoms with Crippen molar-refractivity contribution in [3.8, 4) is 0 Å². The summed E-state index contributed by atoms with van der Waals surface area (Å²) >= 11 is 0. The van der Waals surface area contributed by atoms with Gasteiger partial charge in [0.25, 0.3) is 0 Å².